The van der Waals surface area contributed by atoms with Crippen molar-refractivity contribution in [1.29, 1.82) is 0 Å². The number of rotatable bonds is 13. The van der Waals surface area contributed by atoms with Crippen LogP contribution in [0.4, 0.5) is 5.13 Å². The van der Waals surface area contributed by atoms with Crippen LogP contribution in [0, 0.1) is 6.92 Å². The van der Waals surface area contributed by atoms with Gasteiger partial charge in [0.05, 0.1) is 0 Å². The maximum absolute atomic E-state index is 12.0. The molecule has 0 saturated carbocycles. The van der Waals surface area contributed by atoms with Gasteiger partial charge in [-0.25, -0.2) is 0 Å². The van der Waals surface area contributed by atoms with E-state index >= 15 is 0 Å². The number of nitrogens with zero attached hydrogens (tertiary/aromatic N) is 2. The average Bonchev–Trinajstić information content (AvgIpc) is 3.16. The second-order valence-corrected chi connectivity index (χ2v) is 8.28. The van der Waals surface area contributed by atoms with Gasteiger partial charge in [0.1, 0.15) is 5.01 Å². The Balaban J connectivity index is 1.59. The monoisotopic (exact) mass is 416 g/mol. The first-order valence-electron chi connectivity index (χ1n) is 10.6. The van der Waals surface area contributed by atoms with E-state index in [0.29, 0.717) is 18.1 Å². The van der Waals surface area contributed by atoms with Gasteiger partial charge in [-0.15, -0.1) is 10.2 Å². The Labute approximate surface area is 177 Å². The average molecular weight is 417 g/mol. The second kappa shape index (κ2) is 13.0. The summed E-state index contributed by atoms with van der Waals surface area (Å²) in [5, 5.41) is 15.0. The maximum Gasteiger partial charge on any atom is 0.227 e. The third-order valence-electron chi connectivity index (χ3n) is 4.65. The number of aromatic nitrogens is 2. The third kappa shape index (κ3) is 9.17. The van der Waals surface area contributed by atoms with Gasteiger partial charge in [-0.3, -0.25) is 9.59 Å². The highest BCUT2D eigenvalue weighted by Gasteiger charge is 2.10. The molecule has 0 bridgehead atoms. The molecule has 0 aliphatic carbocycles. The first kappa shape index (κ1) is 23.0. The number of carbonyl (C=O) groups is 2. The molecule has 29 heavy (non-hydrogen) atoms. The minimum Gasteiger partial charge on any atom is -0.356 e. The van der Waals surface area contributed by atoms with Crippen molar-refractivity contribution >= 4 is 28.3 Å². The zero-order chi connectivity index (χ0) is 20.9. The number of aryl methyl sites for hydroxylation is 1. The fraction of sp³-hybridized carbons (Fsp3) is 0.545. The third-order valence-corrected chi connectivity index (χ3v) is 5.54. The van der Waals surface area contributed by atoms with E-state index in [1.54, 1.807) is 0 Å². The van der Waals surface area contributed by atoms with Gasteiger partial charge in [-0.05, 0) is 13.3 Å². The molecule has 1 aromatic heterocycles. The van der Waals surface area contributed by atoms with Crippen LogP contribution in [0.2, 0.25) is 0 Å². The van der Waals surface area contributed by atoms with Crippen molar-refractivity contribution in [3.05, 3.63) is 29.8 Å². The molecule has 2 amide bonds. The highest BCUT2D eigenvalue weighted by molar-refractivity contribution is 7.18. The number of hydrogen-bond acceptors (Lipinski definition) is 5. The lowest BCUT2D eigenvalue weighted by Gasteiger charge is -2.05. The van der Waals surface area contributed by atoms with E-state index in [2.05, 4.69) is 27.8 Å². The van der Waals surface area contributed by atoms with Gasteiger partial charge < -0.3 is 10.6 Å². The Kier molecular flexibility index (Phi) is 10.3. The number of carbonyl (C=O) groups excluding carboxylic acids is 2. The fourth-order valence-electron chi connectivity index (χ4n) is 2.91. The molecule has 0 aliphatic heterocycles. The van der Waals surface area contributed by atoms with Gasteiger partial charge in [-0.1, -0.05) is 86.6 Å². The Morgan fingerprint density at radius 3 is 2.31 bits per heavy atom. The van der Waals surface area contributed by atoms with Gasteiger partial charge in [-0.2, -0.15) is 0 Å². The number of amides is 2. The van der Waals surface area contributed by atoms with Gasteiger partial charge in [0.2, 0.25) is 16.9 Å². The topological polar surface area (TPSA) is 84.0 Å². The number of benzene rings is 1. The normalized spacial score (nSPS) is 10.7. The predicted octanol–water partition coefficient (Wildman–Crippen LogP) is 5.10. The van der Waals surface area contributed by atoms with Crippen LogP contribution in [-0.2, 0) is 9.59 Å². The molecular formula is C22H32N4O2S. The number of anilines is 1. The van der Waals surface area contributed by atoms with Gasteiger partial charge in [0, 0.05) is 24.9 Å². The van der Waals surface area contributed by atoms with Gasteiger partial charge >= 0.3 is 0 Å². The molecule has 1 heterocycles. The van der Waals surface area contributed by atoms with Crippen molar-refractivity contribution in [1.82, 2.24) is 15.5 Å². The van der Waals surface area contributed by atoms with E-state index in [4.69, 9.17) is 0 Å². The molecule has 2 rings (SSSR count). The Hall–Kier alpha value is -2.28. The first-order valence-corrected chi connectivity index (χ1v) is 11.4. The Morgan fingerprint density at radius 1 is 0.897 bits per heavy atom. The van der Waals surface area contributed by atoms with Crippen molar-refractivity contribution < 1.29 is 9.59 Å². The molecule has 0 atom stereocenters. The number of hydrogen-bond donors (Lipinski definition) is 2. The number of nitrogens with one attached hydrogen (secondary N) is 2. The Morgan fingerprint density at radius 2 is 1.59 bits per heavy atom. The SMILES string of the molecule is CCCCCCCCCC(=O)NCCC(=O)Nc1nnc(-c2ccc(C)cc2)s1. The van der Waals surface area contributed by atoms with Crippen LogP contribution in [0.15, 0.2) is 24.3 Å². The van der Waals surface area contributed by atoms with Crippen molar-refractivity contribution in [2.45, 2.75) is 71.6 Å². The molecule has 0 radical (unpaired) electrons. The minimum atomic E-state index is -0.173. The summed E-state index contributed by atoms with van der Waals surface area (Å²) in [6, 6.07) is 8.01. The lowest BCUT2D eigenvalue weighted by molar-refractivity contribution is -0.121. The zero-order valence-electron chi connectivity index (χ0n) is 17.5. The molecule has 0 spiro atoms. The van der Waals surface area contributed by atoms with Crippen LogP contribution in [0.25, 0.3) is 10.6 Å². The predicted molar refractivity (Wildman–Crippen MR) is 119 cm³/mol. The molecule has 1 aromatic carbocycles. The van der Waals surface area contributed by atoms with E-state index in [0.717, 1.165) is 23.4 Å². The molecule has 0 aliphatic rings. The smallest absolute Gasteiger partial charge is 0.227 e. The molecule has 0 fully saturated rings. The molecule has 6 nitrogen and oxygen atoms in total. The quantitative estimate of drug-likeness (QED) is 0.445. The molecule has 2 aromatic rings. The molecule has 158 valence electrons. The summed E-state index contributed by atoms with van der Waals surface area (Å²) < 4.78 is 0. The van der Waals surface area contributed by atoms with Crippen molar-refractivity contribution in [3.63, 3.8) is 0 Å². The molecule has 7 heteroatoms. The summed E-state index contributed by atoms with van der Waals surface area (Å²) in [5.41, 5.74) is 2.16. The summed E-state index contributed by atoms with van der Waals surface area (Å²) in [4.78, 5) is 23.9. The summed E-state index contributed by atoms with van der Waals surface area (Å²) in [7, 11) is 0. The van der Waals surface area contributed by atoms with Crippen LogP contribution in [0.1, 0.15) is 70.3 Å². The van der Waals surface area contributed by atoms with Crippen molar-refractivity contribution in [3.8, 4) is 10.6 Å². The molecule has 2 N–H and O–H groups in total. The van der Waals surface area contributed by atoms with Crippen LogP contribution in [-0.4, -0.2) is 28.6 Å². The van der Waals surface area contributed by atoms with Crippen LogP contribution in [0.5, 0.6) is 0 Å². The van der Waals surface area contributed by atoms with Gasteiger partial charge in [0.25, 0.3) is 0 Å². The van der Waals surface area contributed by atoms with E-state index in [1.807, 2.05) is 31.2 Å². The maximum atomic E-state index is 12.0. The number of unbranched alkanes of at least 4 members (excludes halogenated alkanes) is 6. The zero-order valence-corrected chi connectivity index (χ0v) is 18.3. The van der Waals surface area contributed by atoms with E-state index in [9.17, 15) is 9.59 Å². The summed E-state index contributed by atoms with van der Waals surface area (Å²) >= 11 is 1.34. The van der Waals surface area contributed by atoms with Crippen molar-refractivity contribution in [2.75, 3.05) is 11.9 Å². The lowest BCUT2D eigenvalue weighted by atomic mass is 10.1. The largest absolute Gasteiger partial charge is 0.356 e. The van der Waals surface area contributed by atoms with Gasteiger partial charge in [0.15, 0.2) is 0 Å². The summed E-state index contributed by atoms with van der Waals surface area (Å²) in [6.45, 7) is 4.58. The van der Waals surface area contributed by atoms with E-state index in [1.165, 1.54) is 49.0 Å². The lowest BCUT2D eigenvalue weighted by Crippen LogP contribution is -2.27. The van der Waals surface area contributed by atoms with Crippen LogP contribution < -0.4 is 10.6 Å². The summed E-state index contributed by atoms with van der Waals surface area (Å²) in [6.07, 6.45) is 9.06. The Bertz CT molecular complexity index is 758. The van der Waals surface area contributed by atoms with Crippen LogP contribution >= 0.6 is 11.3 Å². The second-order valence-electron chi connectivity index (χ2n) is 7.30. The highest BCUT2D eigenvalue weighted by atomic mass is 32.1. The highest BCUT2D eigenvalue weighted by Crippen LogP contribution is 2.26. The van der Waals surface area contributed by atoms with Crippen LogP contribution in [0.3, 0.4) is 0 Å². The molecule has 0 unspecified atom stereocenters. The fourth-order valence-corrected chi connectivity index (χ4v) is 3.68. The first-order chi connectivity index (χ1) is 14.1. The van der Waals surface area contributed by atoms with E-state index in [-0.39, 0.29) is 18.2 Å². The molecular weight excluding hydrogens is 384 g/mol. The minimum absolute atomic E-state index is 0.0175. The van der Waals surface area contributed by atoms with E-state index < -0.39 is 0 Å². The summed E-state index contributed by atoms with van der Waals surface area (Å²) in [5.74, 6) is -0.156. The standard InChI is InChI=1S/C22H32N4O2S/c1-3-4-5-6-7-8-9-10-19(27)23-16-15-20(28)24-22-26-25-21(29-22)18-13-11-17(2)12-14-18/h11-14H,3-10,15-16H2,1-2H3,(H,23,27)(H,24,26,28). The van der Waals surface area contributed by atoms with Crippen molar-refractivity contribution in [2.24, 2.45) is 0 Å². The molecule has 0 saturated heterocycles.